The molecule has 0 radical (unpaired) electrons. The lowest BCUT2D eigenvalue weighted by molar-refractivity contribution is 0.280. The maximum atomic E-state index is 9.48. The molecular weight excluding hydrogens is 465 g/mol. The van der Waals surface area contributed by atoms with Crippen LogP contribution in [0.3, 0.4) is 0 Å². The summed E-state index contributed by atoms with van der Waals surface area (Å²) in [5, 5.41) is 16.4. The number of aliphatic imine (C=N–C) groups is 1. The van der Waals surface area contributed by atoms with Crippen LogP contribution in [0.25, 0.3) is 0 Å². The molecule has 0 unspecified atom stereocenters. The molecule has 152 valence electrons. The van der Waals surface area contributed by atoms with Crippen molar-refractivity contribution in [3.05, 3.63) is 59.8 Å². The number of rotatable bonds is 6. The highest BCUT2D eigenvalue weighted by Gasteiger charge is 2.20. The summed E-state index contributed by atoms with van der Waals surface area (Å²) in [5.74, 6) is 1.89. The van der Waals surface area contributed by atoms with Crippen LogP contribution in [-0.2, 0) is 13.2 Å². The van der Waals surface area contributed by atoms with Crippen molar-refractivity contribution in [2.75, 3.05) is 24.5 Å². The van der Waals surface area contributed by atoms with Gasteiger partial charge in [0.25, 0.3) is 0 Å². The maximum absolute atomic E-state index is 9.48. The summed E-state index contributed by atoms with van der Waals surface area (Å²) in [6.45, 7) is 5.46. The fourth-order valence-electron chi connectivity index (χ4n) is 3.34. The largest absolute Gasteiger partial charge is 0.392 e. The van der Waals surface area contributed by atoms with Crippen LogP contribution in [0, 0.1) is 0 Å². The molecule has 1 aromatic carbocycles. The van der Waals surface area contributed by atoms with Crippen LogP contribution >= 0.6 is 24.0 Å². The number of hydrogen-bond acceptors (Lipinski definition) is 4. The molecule has 0 spiro atoms. The minimum atomic E-state index is 0. The van der Waals surface area contributed by atoms with Crippen LogP contribution in [0.5, 0.6) is 0 Å². The SMILES string of the molecule is CCNC(=NCc1ccccc1CO)NC1CCN(c2ccccn2)CC1.I. The number of benzene rings is 1. The molecule has 0 bridgehead atoms. The molecule has 0 atom stereocenters. The molecule has 1 aliphatic rings. The first-order valence-corrected chi connectivity index (χ1v) is 9.68. The van der Waals surface area contributed by atoms with Crippen LogP contribution in [0.1, 0.15) is 30.9 Å². The van der Waals surface area contributed by atoms with Gasteiger partial charge in [-0.1, -0.05) is 30.3 Å². The number of nitrogens with one attached hydrogen (secondary N) is 2. The number of pyridine rings is 1. The highest BCUT2D eigenvalue weighted by Crippen LogP contribution is 2.17. The van der Waals surface area contributed by atoms with Gasteiger partial charge < -0.3 is 20.6 Å². The monoisotopic (exact) mass is 495 g/mol. The molecule has 2 aromatic rings. The minimum Gasteiger partial charge on any atom is -0.392 e. The fraction of sp³-hybridized carbons (Fsp3) is 0.429. The van der Waals surface area contributed by atoms with Gasteiger partial charge in [-0.05, 0) is 43.0 Å². The van der Waals surface area contributed by atoms with E-state index in [1.165, 1.54) is 0 Å². The van der Waals surface area contributed by atoms with Gasteiger partial charge >= 0.3 is 0 Å². The number of anilines is 1. The lowest BCUT2D eigenvalue weighted by Crippen LogP contribution is -2.48. The van der Waals surface area contributed by atoms with Crippen molar-refractivity contribution >= 4 is 35.8 Å². The predicted octanol–water partition coefficient (Wildman–Crippen LogP) is 2.92. The van der Waals surface area contributed by atoms with Crippen molar-refractivity contribution in [3.63, 3.8) is 0 Å². The van der Waals surface area contributed by atoms with Crippen molar-refractivity contribution in [3.8, 4) is 0 Å². The van der Waals surface area contributed by atoms with E-state index in [1.54, 1.807) is 0 Å². The molecule has 0 saturated carbocycles. The third-order valence-electron chi connectivity index (χ3n) is 4.85. The predicted molar refractivity (Wildman–Crippen MR) is 125 cm³/mol. The second kappa shape index (κ2) is 11.9. The maximum Gasteiger partial charge on any atom is 0.191 e. The summed E-state index contributed by atoms with van der Waals surface area (Å²) in [5.41, 5.74) is 1.99. The number of aliphatic hydroxyl groups is 1. The number of aromatic nitrogens is 1. The molecule has 1 saturated heterocycles. The van der Waals surface area contributed by atoms with Gasteiger partial charge in [0, 0.05) is 31.9 Å². The average Bonchev–Trinajstić information content (AvgIpc) is 2.73. The lowest BCUT2D eigenvalue weighted by Gasteiger charge is -2.33. The molecule has 2 heterocycles. The zero-order valence-corrected chi connectivity index (χ0v) is 18.7. The molecule has 3 rings (SSSR count). The van der Waals surface area contributed by atoms with Crippen LogP contribution in [0.15, 0.2) is 53.7 Å². The number of halogens is 1. The number of aliphatic hydroxyl groups excluding tert-OH is 1. The molecule has 0 aliphatic carbocycles. The Balaban J connectivity index is 0.00000280. The van der Waals surface area contributed by atoms with E-state index in [2.05, 4.69) is 33.5 Å². The van der Waals surface area contributed by atoms with Crippen molar-refractivity contribution in [2.24, 2.45) is 4.99 Å². The zero-order chi connectivity index (χ0) is 18.9. The number of piperidine rings is 1. The normalized spacial score (nSPS) is 15.1. The van der Waals surface area contributed by atoms with E-state index in [4.69, 9.17) is 4.99 Å². The molecule has 1 aliphatic heterocycles. The van der Waals surface area contributed by atoms with E-state index in [-0.39, 0.29) is 30.6 Å². The van der Waals surface area contributed by atoms with E-state index in [9.17, 15) is 5.11 Å². The number of hydrogen-bond donors (Lipinski definition) is 3. The summed E-state index contributed by atoms with van der Waals surface area (Å²) < 4.78 is 0. The summed E-state index contributed by atoms with van der Waals surface area (Å²) >= 11 is 0. The van der Waals surface area contributed by atoms with Gasteiger partial charge in [-0.2, -0.15) is 0 Å². The first-order chi connectivity index (χ1) is 13.3. The first kappa shape index (κ1) is 22.4. The number of nitrogens with zero attached hydrogens (tertiary/aromatic N) is 3. The van der Waals surface area contributed by atoms with Crippen LogP contribution in [-0.4, -0.2) is 41.7 Å². The Morgan fingerprint density at radius 3 is 2.50 bits per heavy atom. The highest BCUT2D eigenvalue weighted by molar-refractivity contribution is 14.0. The van der Waals surface area contributed by atoms with Gasteiger partial charge in [-0.3, -0.25) is 0 Å². The van der Waals surface area contributed by atoms with Gasteiger partial charge in [-0.15, -0.1) is 24.0 Å². The quantitative estimate of drug-likeness (QED) is 0.327. The van der Waals surface area contributed by atoms with E-state index in [0.29, 0.717) is 12.6 Å². The topological polar surface area (TPSA) is 72.8 Å². The second-order valence-corrected chi connectivity index (χ2v) is 6.72. The van der Waals surface area contributed by atoms with Crippen molar-refractivity contribution in [1.82, 2.24) is 15.6 Å². The Bertz CT molecular complexity index is 733. The first-order valence-electron chi connectivity index (χ1n) is 9.68. The molecule has 6 nitrogen and oxygen atoms in total. The Kier molecular flexibility index (Phi) is 9.49. The molecule has 0 amide bonds. The van der Waals surface area contributed by atoms with Crippen molar-refractivity contribution in [2.45, 2.75) is 39.0 Å². The molecular formula is C21H30IN5O. The van der Waals surface area contributed by atoms with Gasteiger partial charge in [0.15, 0.2) is 5.96 Å². The minimum absolute atomic E-state index is 0. The molecule has 7 heteroatoms. The number of guanidine groups is 1. The van der Waals surface area contributed by atoms with E-state index in [0.717, 1.165) is 55.4 Å². The standard InChI is InChI=1S/C21H29N5O.HI/c1-2-22-21(24-15-17-7-3-4-8-18(17)16-27)25-19-10-13-26(14-11-19)20-9-5-6-12-23-20;/h3-9,12,19,27H,2,10-11,13-16H2,1H3,(H2,22,24,25);1H. The molecule has 1 fully saturated rings. The van der Waals surface area contributed by atoms with E-state index in [1.807, 2.05) is 42.6 Å². The molecule has 1 aromatic heterocycles. The third-order valence-corrected chi connectivity index (χ3v) is 4.85. The average molecular weight is 495 g/mol. The van der Waals surface area contributed by atoms with Gasteiger partial charge in [0.1, 0.15) is 5.82 Å². The fourth-order valence-corrected chi connectivity index (χ4v) is 3.34. The smallest absolute Gasteiger partial charge is 0.191 e. The summed E-state index contributed by atoms with van der Waals surface area (Å²) in [7, 11) is 0. The van der Waals surface area contributed by atoms with Crippen molar-refractivity contribution in [1.29, 1.82) is 0 Å². The Labute approximate surface area is 184 Å². The summed E-state index contributed by atoms with van der Waals surface area (Å²) in [4.78, 5) is 11.5. The Hall–Kier alpha value is -1.87. The van der Waals surface area contributed by atoms with Gasteiger partial charge in [0.05, 0.1) is 13.2 Å². The van der Waals surface area contributed by atoms with Gasteiger partial charge in [0.2, 0.25) is 0 Å². The van der Waals surface area contributed by atoms with Gasteiger partial charge in [-0.25, -0.2) is 9.98 Å². The zero-order valence-electron chi connectivity index (χ0n) is 16.3. The highest BCUT2D eigenvalue weighted by atomic mass is 127. The van der Waals surface area contributed by atoms with Crippen LogP contribution in [0.2, 0.25) is 0 Å². The second-order valence-electron chi connectivity index (χ2n) is 6.72. The van der Waals surface area contributed by atoms with Crippen molar-refractivity contribution < 1.29 is 5.11 Å². The Morgan fingerprint density at radius 2 is 1.86 bits per heavy atom. The van der Waals surface area contributed by atoms with E-state index < -0.39 is 0 Å². The van der Waals surface area contributed by atoms with Crippen LogP contribution in [0.4, 0.5) is 5.82 Å². The third kappa shape index (κ3) is 6.34. The lowest BCUT2D eigenvalue weighted by atomic mass is 10.1. The summed E-state index contributed by atoms with van der Waals surface area (Å²) in [6.07, 6.45) is 3.95. The molecule has 3 N–H and O–H groups in total. The van der Waals surface area contributed by atoms with E-state index >= 15 is 0 Å². The summed E-state index contributed by atoms with van der Waals surface area (Å²) in [6, 6.07) is 14.3. The molecule has 28 heavy (non-hydrogen) atoms. The van der Waals surface area contributed by atoms with Crippen LogP contribution < -0.4 is 15.5 Å². The Morgan fingerprint density at radius 1 is 1.14 bits per heavy atom.